The lowest BCUT2D eigenvalue weighted by molar-refractivity contribution is -0.138. The van der Waals surface area contributed by atoms with Gasteiger partial charge in [-0.1, -0.05) is 30.0 Å². The molecule has 1 unspecified atom stereocenters. The van der Waals surface area contributed by atoms with Gasteiger partial charge in [0.1, 0.15) is 6.33 Å². The van der Waals surface area contributed by atoms with E-state index in [1.54, 1.807) is 6.07 Å². The summed E-state index contributed by atoms with van der Waals surface area (Å²) >= 11 is 1.23. The second-order valence-corrected chi connectivity index (χ2v) is 4.80. The third kappa shape index (κ3) is 3.48. The summed E-state index contributed by atoms with van der Waals surface area (Å²) in [5, 5.41) is 6.79. The summed E-state index contributed by atoms with van der Waals surface area (Å²) in [6, 6.07) is 4.60. The van der Waals surface area contributed by atoms with Crippen molar-refractivity contribution in [2.45, 2.75) is 17.4 Å². The van der Waals surface area contributed by atoms with Crippen LogP contribution in [0.4, 0.5) is 13.2 Å². The molecule has 0 aliphatic carbocycles. The van der Waals surface area contributed by atoms with Gasteiger partial charge in [0, 0.05) is 11.8 Å². The van der Waals surface area contributed by atoms with Crippen molar-refractivity contribution in [2.75, 3.05) is 5.75 Å². The Labute approximate surface area is 111 Å². The Morgan fingerprint density at radius 3 is 2.68 bits per heavy atom. The maximum absolute atomic E-state index is 12.8. The molecule has 1 aromatic carbocycles. The van der Waals surface area contributed by atoms with Crippen LogP contribution in [0.3, 0.4) is 0 Å². The molecule has 3 N–H and O–H groups in total. The normalized spacial score (nSPS) is 13.5. The van der Waals surface area contributed by atoms with Crippen molar-refractivity contribution in [1.82, 2.24) is 15.2 Å². The van der Waals surface area contributed by atoms with E-state index in [4.69, 9.17) is 5.73 Å². The molecule has 0 fully saturated rings. The van der Waals surface area contributed by atoms with Gasteiger partial charge in [0.05, 0.1) is 5.56 Å². The van der Waals surface area contributed by atoms with Crippen molar-refractivity contribution in [3.8, 4) is 0 Å². The van der Waals surface area contributed by atoms with E-state index in [0.29, 0.717) is 5.16 Å². The zero-order valence-corrected chi connectivity index (χ0v) is 10.5. The minimum Gasteiger partial charge on any atom is -0.323 e. The standard InChI is InChI=1S/C11H11F3N4S/c12-11(13,14)8-4-2-1-3-7(8)9(15)5-19-10-16-6-17-18-10/h1-4,6,9H,5,15H2,(H,16,17,18). The molecule has 0 aliphatic rings. The number of benzene rings is 1. The first-order valence-electron chi connectivity index (χ1n) is 5.38. The third-order valence-electron chi connectivity index (χ3n) is 2.46. The molecule has 0 spiro atoms. The van der Waals surface area contributed by atoms with Crippen LogP contribution in [-0.2, 0) is 6.18 Å². The molecule has 0 radical (unpaired) electrons. The second-order valence-electron chi connectivity index (χ2n) is 3.79. The van der Waals surface area contributed by atoms with Gasteiger partial charge < -0.3 is 5.73 Å². The lowest BCUT2D eigenvalue weighted by Gasteiger charge is -2.17. The summed E-state index contributed by atoms with van der Waals surface area (Å²) in [6.07, 6.45) is -3.07. The fourth-order valence-corrected chi connectivity index (χ4v) is 2.36. The van der Waals surface area contributed by atoms with Crippen LogP contribution in [-0.4, -0.2) is 20.9 Å². The van der Waals surface area contributed by atoms with Gasteiger partial charge in [-0.05, 0) is 11.6 Å². The average Bonchev–Trinajstić information content (AvgIpc) is 2.88. The smallest absolute Gasteiger partial charge is 0.323 e. The number of alkyl halides is 3. The predicted molar refractivity (Wildman–Crippen MR) is 65.5 cm³/mol. The van der Waals surface area contributed by atoms with E-state index in [9.17, 15) is 13.2 Å². The van der Waals surface area contributed by atoms with E-state index in [1.807, 2.05) is 0 Å². The number of thioether (sulfide) groups is 1. The molecule has 4 nitrogen and oxygen atoms in total. The van der Waals surface area contributed by atoms with Crippen LogP contribution in [0.2, 0.25) is 0 Å². The van der Waals surface area contributed by atoms with Gasteiger partial charge >= 0.3 is 6.18 Å². The van der Waals surface area contributed by atoms with Gasteiger partial charge in [-0.25, -0.2) is 4.98 Å². The molecule has 2 rings (SSSR count). The highest BCUT2D eigenvalue weighted by Gasteiger charge is 2.34. The summed E-state index contributed by atoms with van der Waals surface area (Å²) in [6.45, 7) is 0. The van der Waals surface area contributed by atoms with Crippen molar-refractivity contribution in [2.24, 2.45) is 5.73 Å². The van der Waals surface area contributed by atoms with Crippen molar-refractivity contribution < 1.29 is 13.2 Å². The summed E-state index contributed by atoms with van der Waals surface area (Å²) in [5.41, 5.74) is 5.22. The third-order valence-corrected chi connectivity index (χ3v) is 3.45. The van der Waals surface area contributed by atoms with Crippen molar-refractivity contribution in [3.05, 3.63) is 41.7 Å². The fraction of sp³-hybridized carbons (Fsp3) is 0.273. The zero-order chi connectivity index (χ0) is 13.9. The van der Waals surface area contributed by atoms with Gasteiger partial charge in [0.15, 0.2) is 5.16 Å². The van der Waals surface area contributed by atoms with E-state index < -0.39 is 17.8 Å². The van der Waals surface area contributed by atoms with Crippen molar-refractivity contribution in [1.29, 1.82) is 0 Å². The minimum atomic E-state index is -4.40. The molecule has 8 heteroatoms. The zero-order valence-electron chi connectivity index (χ0n) is 9.69. The average molecular weight is 288 g/mol. The topological polar surface area (TPSA) is 67.6 Å². The number of nitrogens with two attached hydrogens (primary N) is 1. The van der Waals surface area contributed by atoms with Crippen molar-refractivity contribution >= 4 is 11.8 Å². The second kappa shape index (κ2) is 5.62. The Bertz CT molecular complexity index is 527. The van der Waals surface area contributed by atoms with Gasteiger partial charge in [0.2, 0.25) is 0 Å². The highest BCUT2D eigenvalue weighted by molar-refractivity contribution is 7.99. The molecule has 1 heterocycles. The van der Waals surface area contributed by atoms with E-state index in [2.05, 4.69) is 15.2 Å². The first-order valence-corrected chi connectivity index (χ1v) is 6.37. The van der Waals surface area contributed by atoms with Crippen LogP contribution < -0.4 is 5.73 Å². The maximum Gasteiger partial charge on any atom is 0.416 e. The number of nitrogens with zero attached hydrogens (tertiary/aromatic N) is 2. The molecule has 0 aliphatic heterocycles. The largest absolute Gasteiger partial charge is 0.416 e. The summed E-state index contributed by atoms with van der Waals surface area (Å²) in [4.78, 5) is 3.87. The number of halogens is 3. The first-order chi connectivity index (χ1) is 8.98. The van der Waals surface area contributed by atoms with E-state index in [-0.39, 0.29) is 11.3 Å². The molecule has 2 aromatic rings. The molecule has 102 valence electrons. The van der Waals surface area contributed by atoms with Crippen LogP contribution in [0.25, 0.3) is 0 Å². The highest BCUT2D eigenvalue weighted by atomic mass is 32.2. The molecule has 0 bridgehead atoms. The van der Waals surface area contributed by atoms with Crippen molar-refractivity contribution in [3.63, 3.8) is 0 Å². The van der Waals surface area contributed by atoms with E-state index in [1.165, 1.54) is 30.2 Å². The quantitative estimate of drug-likeness (QED) is 0.849. The van der Waals surface area contributed by atoms with Crippen LogP contribution >= 0.6 is 11.8 Å². The molecule has 1 aromatic heterocycles. The Morgan fingerprint density at radius 2 is 2.05 bits per heavy atom. The number of hydrogen-bond donors (Lipinski definition) is 2. The highest BCUT2D eigenvalue weighted by Crippen LogP contribution is 2.34. The molecule has 0 saturated carbocycles. The molecule has 0 amide bonds. The number of nitrogens with one attached hydrogen (secondary N) is 1. The fourth-order valence-electron chi connectivity index (χ4n) is 1.60. The predicted octanol–water partition coefficient (Wildman–Crippen LogP) is 2.62. The van der Waals surface area contributed by atoms with Gasteiger partial charge in [-0.3, -0.25) is 5.10 Å². The SMILES string of the molecule is NC(CSc1ncn[nH]1)c1ccccc1C(F)(F)F. The Morgan fingerprint density at radius 1 is 1.32 bits per heavy atom. The number of H-pyrrole nitrogens is 1. The van der Waals surface area contributed by atoms with Crippen LogP contribution in [0.1, 0.15) is 17.2 Å². The van der Waals surface area contributed by atoms with Gasteiger partial charge in [-0.15, -0.1) is 0 Å². The molecule has 0 saturated heterocycles. The first kappa shape index (κ1) is 13.9. The number of hydrogen-bond acceptors (Lipinski definition) is 4. The van der Waals surface area contributed by atoms with E-state index >= 15 is 0 Å². The Kier molecular flexibility index (Phi) is 4.11. The lowest BCUT2D eigenvalue weighted by Crippen LogP contribution is -2.19. The monoisotopic (exact) mass is 288 g/mol. The van der Waals surface area contributed by atoms with Crippen LogP contribution in [0.15, 0.2) is 35.7 Å². The maximum atomic E-state index is 12.8. The van der Waals surface area contributed by atoms with Crippen LogP contribution in [0.5, 0.6) is 0 Å². The summed E-state index contributed by atoms with van der Waals surface area (Å²) in [5.74, 6) is 0.280. The number of aromatic nitrogens is 3. The minimum absolute atomic E-state index is 0.0852. The summed E-state index contributed by atoms with van der Waals surface area (Å²) in [7, 11) is 0. The summed E-state index contributed by atoms with van der Waals surface area (Å²) < 4.78 is 38.5. The molecule has 1 atom stereocenters. The molecular weight excluding hydrogens is 277 g/mol. The van der Waals surface area contributed by atoms with Gasteiger partial charge in [-0.2, -0.15) is 18.3 Å². The number of aromatic amines is 1. The van der Waals surface area contributed by atoms with Crippen LogP contribution in [0, 0.1) is 0 Å². The lowest BCUT2D eigenvalue weighted by atomic mass is 10.0. The molecule has 19 heavy (non-hydrogen) atoms. The van der Waals surface area contributed by atoms with E-state index in [0.717, 1.165) is 6.07 Å². The molecular formula is C11H11F3N4S. The Hall–Kier alpha value is -1.54. The Balaban J connectivity index is 2.12. The number of rotatable bonds is 4. The van der Waals surface area contributed by atoms with Gasteiger partial charge in [0.25, 0.3) is 0 Å².